The predicted molar refractivity (Wildman–Crippen MR) is 63.4 cm³/mol. The number of nitrogens with one attached hydrogen (secondary N) is 2. The fraction of sp³-hybridized carbons (Fsp3) is 0. The molecule has 0 aliphatic carbocycles. The van der Waals surface area contributed by atoms with Gasteiger partial charge in [0.1, 0.15) is 5.82 Å². The number of benzene rings is 1. The Morgan fingerprint density at radius 1 is 1.12 bits per heavy atom. The zero-order valence-electron chi connectivity index (χ0n) is 8.24. The molecule has 1 aromatic heterocycles. The molecular formula is C11H9FN2OS. The first-order chi connectivity index (χ1) is 7.79. The fourth-order valence-electron chi connectivity index (χ4n) is 1.19. The van der Waals surface area contributed by atoms with E-state index in [1.807, 2.05) is 5.38 Å². The molecule has 0 saturated heterocycles. The zero-order valence-corrected chi connectivity index (χ0v) is 9.05. The van der Waals surface area contributed by atoms with E-state index < -0.39 is 0 Å². The smallest absolute Gasteiger partial charge is 0.162 e. The number of hydrogen-bond donors (Lipinski definition) is 2. The molecule has 82 valence electrons. The Kier molecular flexibility index (Phi) is 3.16. The molecule has 0 saturated carbocycles. The highest BCUT2D eigenvalue weighted by atomic mass is 32.1. The van der Waals surface area contributed by atoms with Gasteiger partial charge in [0.15, 0.2) is 6.29 Å². The van der Waals surface area contributed by atoms with E-state index in [9.17, 15) is 9.18 Å². The van der Waals surface area contributed by atoms with E-state index in [1.165, 1.54) is 23.5 Å². The van der Waals surface area contributed by atoms with Gasteiger partial charge in [0.25, 0.3) is 0 Å². The van der Waals surface area contributed by atoms with Gasteiger partial charge in [0.2, 0.25) is 0 Å². The van der Waals surface area contributed by atoms with Crippen molar-refractivity contribution in [3.05, 3.63) is 46.4 Å². The van der Waals surface area contributed by atoms with Gasteiger partial charge in [0, 0.05) is 0 Å². The summed E-state index contributed by atoms with van der Waals surface area (Å²) in [5.41, 5.74) is 7.21. The summed E-state index contributed by atoms with van der Waals surface area (Å²) in [6.45, 7) is 0. The number of anilines is 2. The van der Waals surface area contributed by atoms with Crippen LogP contribution in [0.4, 0.5) is 15.8 Å². The second-order valence-electron chi connectivity index (χ2n) is 3.07. The van der Waals surface area contributed by atoms with Gasteiger partial charge in [-0.25, -0.2) is 4.39 Å². The Labute approximate surface area is 95.9 Å². The van der Waals surface area contributed by atoms with Gasteiger partial charge in [-0.05, 0) is 35.7 Å². The first-order valence-electron chi connectivity index (χ1n) is 4.60. The zero-order chi connectivity index (χ0) is 11.4. The van der Waals surface area contributed by atoms with Crippen molar-refractivity contribution in [2.45, 2.75) is 0 Å². The normalized spacial score (nSPS) is 9.81. The number of carbonyl (C=O) groups is 1. The van der Waals surface area contributed by atoms with Crippen molar-refractivity contribution in [1.29, 1.82) is 0 Å². The van der Waals surface area contributed by atoms with Gasteiger partial charge in [0.05, 0.1) is 16.3 Å². The average Bonchev–Trinajstić information content (AvgIpc) is 2.76. The quantitative estimate of drug-likeness (QED) is 0.633. The number of hydrogen-bond acceptors (Lipinski definition) is 4. The van der Waals surface area contributed by atoms with Crippen molar-refractivity contribution in [3.63, 3.8) is 0 Å². The molecule has 0 aliphatic rings. The highest BCUT2D eigenvalue weighted by molar-refractivity contribution is 7.12. The first kappa shape index (κ1) is 10.6. The maximum absolute atomic E-state index is 12.6. The second kappa shape index (κ2) is 4.76. The molecule has 5 heteroatoms. The van der Waals surface area contributed by atoms with Crippen LogP contribution >= 0.6 is 11.3 Å². The minimum atomic E-state index is -0.283. The lowest BCUT2D eigenvalue weighted by Crippen LogP contribution is -2.08. The number of hydrazine groups is 1. The summed E-state index contributed by atoms with van der Waals surface area (Å²) in [6, 6.07) is 7.73. The molecule has 2 N–H and O–H groups in total. The molecule has 0 amide bonds. The lowest BCUT2D eigenvalue weighted by Gasteiger charge is -2.08. The van der Waals surface area contributed by atoms with Gasteiger partial charge >= 0.3 is 0 Å². The molecule has 1 aromatic carbocycles. The van der Waals surface area contributed by atoms with Gasteiger partial charge in [-0.3, -0.25) is 10.2 Å². The van der Waals surface area contributed by atoms with Crippen LogP contribution < -0.4 is 10.9 Å². The van der Waals surface area contributed by atoms with Crippen molar-refractivity contribution in [2.24, 2.45) is 0 Å². The molecule has 0 bridgehead atoms. The average molecular weight is 236 g/mol. The van der Waals surface area contributed by atoms with Gasteiger partial charge in [-0.1, -0.05) is 0 Å². The fourth-order valence-corrected chi connectivity index (χ4v) is 1.84. The van der Waals surface area contributed by atoms with Crippen LogP contribution in [0.5, 0.6) is 0 Å². The summed E-state index contributed by atoms with van der Waals surface area (Å²) < 4.78 is 12.6. The number of halogens is 1. The molecule has 0 spiro atoms. The predicted octanol–water partition coefficient (Wildman–Crippen LogP) is 3.14. The van der Waals surface area contributed by atoms with Crippen LogP contribution in [0.2, 0.25) is 0 Å². The molecule has 2 aromatic rings. The van der Waals surface area contributed by atoms with Crippen molar-refractivity contribution in [3.8, 4) is 0 Å². The second-order valence-corrected chi connectivity index (χ2v) is 4.02. The van der Waals surface area contributed by atoms with Gasteiger partial charge < -0.3 is 5.43 Å². The molecular weight excluding hydrogens is 227 g/mol. The molecule has 3 nitrogen and oxygen atoms in total. The summed E-state index contributed by atoms with van der Waals surface area (Å²) in [6.07, 6.45) is 0.791. The van der Waals surface area contributed by atoms with Crippen molar-refractivity contribution < 1.29 is 9.18 Å². The molecule has 0 unspecified atom stereocenters. The SMILES string of the molecule is O=Cc1sccc1NNc1ccc(F)cc1. The number of thiophene rings is 1. The van der Waals surface area contributed by atoms with Crippen LogP contribution in [0, 0.1) is 5.82 Å². The molecule has 2 rings (SSSR count). The van der Waals surface area contributed by atoms with E-state index in [4.69, 9.17) is 0 Å². The van der Waals surface area contributed by atoms with Gasteiger partial charge in [-0.15, -0.1) is 11.3 Å². The highest BCUT2D eigenvalue weighted by Gasteiger charge is 2.01. The number of rotatable bonds is 4. The third kappa shape index (κ3) is 2.38. The minimum Gasteiger partial charge on any atom is -0.301 e. The Morgan fingerprint density at radius 2 is 1.88 bits per heavy atom. The lowest BCUT2D eigenvalue weighted by molar-refractivity contribution is 0.112. The largest absolute Gasteiger partial charge is 0.301 e. The van der Waals surface area contributed by atoms with Crippen molar-refractivity contribution in [2.75, 3.05) is 10.9 Å². The topological polar surface area (TPSA) is 41.1 Å². The molecule has 0 atom stereocenters. The van der Waals surface area contributed by atoms with Crippen molar-refractivity contribution >= 4 is 29.0 Å². The summed E-state index contributed by atoms with van der Waals surface area (Å²) in [5.74, 6) is -0.283. The number of aldehydes is 1. The maximum atomic E-state index is 12.6. The van der Waals surface area contributed by atoms with Gasteiger partial charge in [-0.2, -0.15) is 0 Å². The maximum Gasteiger partial charge on any atom is 0.162 e. The van der Waals surface area contributed by atoms with Crippen LogP contribution in [0.25, 0.3) is 0 Å². The van der Waals surface area contributed by atoms with E-state index >= 15 is 0 Å². The third-order valence-corrected chi connectivity index (χ3v) is 2.83. The Hall–Kier alpha value is -1.88. The molecule has 16 heavy (non-hydrogen) atoms. The Bertz CT molecular complexity index is 481. The lowest BCUT2D eigenvalue weighted by atomic mass is 10.3. The minimum absolute atomic E-state index is 0.283. The monoisotopic (exact) mass is 236 g/mol. The van der Waals surface area contributed by atoms with Crippen LogP contribution in [-0.4, -0.2) is 6.29 Å². The van der Waals surface area contributed by atoms with Crippen LogP contribution in [0.15, 0.2) is 35.7 Å². The van der Waals surface area contributed by atoms with Crippen LogP contribution in [-0.2, 0) is 0 Å². The summed E-state index contributed by atoms with van der Waals surface area (Å²) in [5, 5.41) is 1.82. The third-order valence-electron chi connectivity index (χ3n) is 1.99. The molecule has 0 radical (unpaired) electrons. The van der Waals surface area contributed by atoms with E-state index in [1.54, 1.807) is 18.2 Å². The van der Waals surface area contributed by atoms with E-state index in [2.05, 4.69) is 10.9 Å². The van der Waals surface area contributed by atoms with E-state index in [0.29, 0.717) is 10.6 Å². The Morgan fingerprint density at radius 3 is 2.56 bits per heavy atom. The molecule has 1 heterocycles. The number of carbonyl (C=O) groups excluding carboxylic acids is 1. The summed E-state index contributed by atoms with van der Waals surface area (Å²) >= 11 is 1.36. The summed E-state index contributed by atoms with van der Waals surface area (Å²) in [4.78, 5) is 11.3. The summed E-state index contributed by atoms with van der Waals surface area (Å²) in [7, 11) is 0. The van der Waals surface area contributed by atoms with E-state index in [0.717, 1.165) is 12.0 Å². The van der Waals surface area contributed by atoms with Crippen LogP contribution in [0.1, 0.15) is 9.67 Å². The standard InChI is InChI=1S/C11H9FN2OS/c12-8-1-3-9(4-2-8)13-14-10-5-6-16-11(10)7-15/h1-7,13-14H. The Balaban J connectivity index is 2.02. The first-order valence-corrected chi connectivity index (χ1v) is 5.48. The van der Waals surface area contributed by atoms with E-state index in [-0.39, 0.29) is 5.82 Å². The van der Waals surface area contributed by atoms with Crippen molar-refractivity contribution in [1.82, 2.24) is 0 Å². The molecule has 0 aliphatic heterocycles. The van der Waals surface area contributed by atoms with Crippen LogP contribution in [0.3, 0.4) is 0 Å². The molecule has 0 fully saturated rings. The highest BCUT2D eigenvalue weighted by Crippen LogP contribution is 2.20.